The average Bonchev–Trinajstić information content (AvgIpc) is 2.15. The largest absolute Gasteiger partial charge is 0.393 e. The second-order valence-electron chi connectivity index (χ2n) is 4.54. The predicted molar refractivity (Wildman–Crippen MR) is 76.5 cm³/mol. The Kier molecular flexibility index (Phi) is 5.93. The molecule has 0 radical (unpaired) electrons. The van der Waals surface area contributed by atoms with E-state index in [4.69, 9.17) is 11.6 Å². The molecular weight excluding hydrogens is 302 g/mol. The molecule has 0 aliphatic carbocycles. The lowest BCUT2D eigenvalue weighted by Crippen LogP contribution is -2.31. The molecule has 2 nitrogen and oxygen atoms in total. The van der Waals surface area contributed by atoms with Gasteiger partial charge in [-0.3, -0.25) is 0 Å². The molecule has 96 valence electrons. The van der Waals surface area contributed by atoms with Crippen LogP contribution in [-0.4, -0.2) is 17.3 Å². The van der Waals surface area contributed by atoms with Gasteiger partial charge in [-0.15, -0.1) is 0 Å². The van der Waals surface area contributed by atoms with Crippen LogP contribution in [0.15, 0.2) is 22.7 Å². The highest BCUT2D eigenvalue weighted by Crippen LogP contribution is 2.26. The molecule has 0 aliphatic heterocycles. The zero-order valence-electron chi connectivity index (χ0n) is 10.4. The SMILES string of the molecule is CC(O)CC(C)NC(C)c1ccc(Br)cc1Cl. The molecule has 1 rings (SSSR count). The van der Waals surface area contributed by atoms with Gasteiger partial charge in [0.05, 0.1) is 6.10 Å². The van der Waals surface area contributed by atoms with Crippen LogP contribution in [0.4, 0.5) is 0 Å². The fourth-order valence-corrected chi connectivity index (χ4v) is 2.79. The lowest BCUT2D eigenvalue weighted by atomic mass is 10.1. The van der Waals surface area contributed by atoms with Crippen LogP contribution in [0.3, 0.4) is 0 Å². The Morgan fingerprint density at radius 3 is 2.53 bits per heavy atom. The van der Waals surface area contributed by atoms with E-state index in [9.17, 15) is 5.11 Å². The van der Waals surface area contributed by atoms with Gasteiger partial charge in [0, 0.05) is 21.6 Å². The topological polar surface area (TPSA) is 32.3 Å². The van der Waals surface area contributed by atoms with Gasteiger partial charge in [0.25, 0.3) is 0 Å². The summed E-state index contributed by atoms with van der Waals surface area (Å²) >= 11 is 9.59. The third-order valence-corrected chi connectivity index (χ3v) is 3.48. The van der Waals surface area contributed by atoms with E-state index in [0.717, 1.165) is 21.5 Å². The van der Waals surface area contributed by atoms with Gasteiger partial charge in [-0.05, 0) is 44.9 Å². The summed E-state index contributed by atoms with van der Waals surface area (Å²) in [6.07, 6.45) is 0.448. The summed E-state index contributed by atoms with van der Waals surface area (Å²) < 4.78 is 0.982. The number of halogens is 2. The molecule has 1 aromatic carbocycles. The number of hydrogen-bond donors (Lipinski definition) is 2. The first-order chi connectivity index (χ1) is 7.90. The highest BCUT2D eigenvalue weighted by molar-refractivity contribution is 9.10. The van der Waals surface area contributed by atoms with Gasteiger partial charge in [0.2, 0.25) is 0 Å². The molecule has 0 amide bonds. The highest BCUT2D eigenvalue weighted by atomic mass is 79.9. The van der Waals surface area contributed by atoms with Gasteiger partial charge in [-0.2, -0.15) is 0 Å². The summed E-state index contributed by atoms with van der Waals surface area (Å²) in [4.78, 5) is 0. The molecule has 17 heavy (non-hydrogen) atoms. The van der Waals surface area contributed by atoms with Crippen molar-refractivity contribution in [2.45, 2.75) is 45.4 Å². The van der Waals surface area contributed by atoms with Gasteiger partial charge in [-0.1, -0.05) is 33.6 Å². The number of benzene rings is 1. The zero-order chi connectivity index (χ0) is 13.0. The minimum absolute atomic E-state index is 0.171. The van der Waals surface area contributed by atoms with Gasteiger partial charge in [-0.25, -0.2) is 0 Å². The van der Waals surface area contributed by atoms with Crippen LogP contribution in [0.1, 0.15) is 38.8 Å². The Hall–Kier alpha value is -0.0900. The molecule has 0 aromatic heterocycles. The molecule has 4 heteroatoms. The summed E-state index contributed by atoms with van der Waals surface area (Å²) in [5.74, 6) is 0. The lowest BCUT2D eigenvalue weighted by Gasteiger charge is -2.22. The quantitative estimate of drug-likeness (QED) is 0.862. The van der Waals surface area contributed by atoms with Crippen molar-refractivity contribution in [2.24, 2.45) is 0 Å². The van der Waals surface area contributed by atoms with Crippen LogP contribution < -0.4 is 5.32 Å². The van der Waals surface area contributed by atoms with Crippen LogP contribution in [0.25, 0.3) is 0 Å². The minimum Gasteiger partial charge on any atom is -0.393 e. The van der Waals surface area contributed by atoms with Crippen molar-refractivity contribution < 1.29 is 5.11 Å². The molecule has 3 atom stereocenters. The van der Waals surface area contributed by atoms with Gasteiger partial charge in [0.1, 0.15) is 0 Å². The van der Waals surface area contributed by atoms with Gasteiger partial charge in [0.15, 0.2) is 0 Å². The van der Waals surface area contributed by atoms with Crippen molar-refractivity contribution in [3.8, 4) is 0 Å². The Morgan fingerprint density at radius 2 is 2.00 bits per heavy atom. The maximum absolute atomic E-state index is 9.32. The first kappa shape index (κ1) is 15.0. The highest BCUT2D eigenvalue weighted by Gasteiger charge is 2.13. The van der Waals surface area contributed by atoms with Crippen LogP contribution in [0.2, 0.25) is 5.02 Å². The smallest absolute Gasteiger partial charge is 0.0526 e. The Labute approximate surface area is 117 Å². The molecule has 3 unspecified atom stereocenters. The minimum atomic E-state index is -0.287. The molecule has 0 heterocycles. The second-order valence-corrected chi connectivity index (χ2v) is 5.86. The Balaban J connectivity index is 2.66. The first-order valence-corrected chi connectivity index (χ1v) is 6.96. The lowest BCUT2D eigenvalue weighted by molar-refractivity contribution is 0.168. The predicted octanol–water partition coefficient (Wildman–Crippen LogP) is 3.91. The van der Waals surface area contributed by atoms with E-state index >= 15 is 0 Å². The third kappa shape index (κ3) is 4.96. The molecule has 2 N–H and O–H groups in total. The van der Waals surface area contributed by atoms with Crippen LogP contribution >= 0.6 is 27.5 Å². The normalized spacial score (nSPS) is 16.6. The fraction of sp³-hybridized carbons (Fsp3) is 0.538. The van der Waals surface area contributed by atoms with Crippen molar-refractivity contribution in [3.63, 3.8) is 0 Å². The summed E-state index contributed by atoms with van der Waals surface area (Å²) in [5.41, 5.74) is 1.08. The monoisotopic (exact) mass is 319 g/mol. The Morgan fingerprint density at radius 1 is 1.35 bits per heavy atom. The van der Waals surface area contributed by atoms with Crippen molar-refractivity contribution in [1.82, 2.24) is 5.32 Å². The second kappa shape index (κ2) is 6.74. The van der Waals surface area contributed by atoms with Crippen LogP contribution in [0.5, 0.6) is 0 Å². The Bertz CT molecular complexity index is 370. The molecule has 1 aromatic rings. The molecule has 0 saturated carbocycles. The summed E-state index contributed by atoms with van der Waals surface area (Å²) in [5, 5.41) is 13.5. The number of aliphatic hydroxyl groups excluding tert-OH is 1. The van der Waals surface area contributed by atoms with Crippen LogP contribution in [0, 0.1) is 0 Å². The van der Waals surface area contributed by atoms with Crippen molar-refractivity contribution in [2.75, 3.05) is 0 Å². The van der Waals surface area contributed by atoms with Gasteiger partial charge >= 0.3 is 0 Å². The van der Waals surface area contributed by atoms with E-state index in [0.29, 0.717) is 0 Å². The summed E-state index contributed by atoms with van der Waals surface area (Å²) in [7, 11) is 0. The maximum atomic E-state index is 9.32. The number of aliphatic hydroxyl groups is 1. The molecule has 0 bridgehead atoms. The number of nitrogens with one attached hydrogen (secondary N) is 1. The van der Waals surface area contributed by atoms with E-state index in [1.165, 1.54) is 0 Å². The maximum Gasteiger partial charge on any atom is 0.0526 e. The van der Waals surface area contributed by atoms with Gasteiger partial charge < -0.3 is 10.4 Å². The first-order valence-electron chi connectivity index (χ1n) is 5.79. The molecule has 0 saturated heterocycles. The van der Waals surface area contributed by atoms with Crippen molar-refractivity contribution in [3.05, 3.63) is 33.3 Å². The van der Waals surface area contributed by atoms with Crippen LogP contribution in [-0.2, 0) is 0 Å². The average molecular weight is 321 g/mol. The number of hydrogen-bond acceptors (Lipinski definition) is 2. The summed E-state index contributed by atoms with van der Waals surface area (Å²) in [6, 6.07) is 6.32. The van der Waals surface area contributed by atoms with E-state index in [1.54, 1.807) is 6.92 Å². The molecule has 0 fully saturated rings. The molecular formula is C13H19BrClNO. The summed E-state index contributed by atoms with van der Waals surface area (Å²) in [6.45, 7) is 5.94. The molecule has 0 spiro atoms. The van der Waals surface area contributed by atoms with Crippen molar-refractivity contribution in [1.29, 1.82) is 0 Å². The van der Waals surface area contributed by atoms with E-state index in [1.807, 2.05) is 18.2 Å². The van der Waals surface area contributed by atoms with E-state index in [-0.39, 0.29) is 18.2 Å². The standard InChI is InChI=1S/C13H19BrClNO/c1-8(6-9(2)17)16-10(3)12-5-4-11(14)7-13(12)15/h4-5,7-10,16-17H,6H2,1-3H3. The van der Waals surface area contributed by atoms with E-state index in [2.05, 4.69) is 35.1 Å². The number of rotatable bonds is 5. The fourth-order valence-electron chi connectivity index (χ4n) is 1.95. The zero-order valence-corrected chi connectivity index (χ0v) is 12.7. The van der Waals surface area contributed by atoms with E-state index < -0.39 is 0 Å². The van der Waals surface area contributed by atoms with Crippen molar-refractivity contribution >= 4 is 27.5 Å². The third-order valence-electron chi connectivity index (χ3n) is 2.66. The molecule has 0 aliphatic rings.